The number of rotatable bonds is 5. The molecule has 2 aromatic carbocycles. The van der Waals surface area contributed by atoms with Crippen molar-refractivity contribution < 1.29 is 18.0 Å². The molecular formula is C27H26ClF3N4O. The zero-order valence-corrected chi connectivity index (χ0v) is 20.3. The Morgan fingerprint density at radius 2 is 1.94 bits per heavy atom. The highest BCUT2D eigenvalue weighted by Crippen LogP contribution is 2.40. The molecule has 1 fully saturated rings. The Hall–Kier alpha value is -3.26. The van der Waals surface area contributed by atoms with E-state index in [0.29, 0.717) is 43.2 Å². The number of halogens is 4. The smallest absolute Gasteiger partial charge is 0.368 e. The summed E-state index contributed by atoms with van der Waals surface area (Å²) in [7, 11) is 0. The summed E-state index contributed by atoms with van der Waals surface area (Å²) in [4.78, 5) is 22.0. The monoisotopic (exact) mass is 514 g/mol. The second kappa shape index (κ2) is 10.0. The van der Waals surface area contributed by atoms with Gasteiger partial charge in [0.15, 0.2) is 0 Å². The Morgan fingerprint density at radius 1 is 1.08 bits per heavy atom. The Morgan fingerprint density at radius 3 is 2.69 bits per heavy atom. The molecule has 0 saturated carbocycles. The predicted molar refractivity (Wildman–Crippen MR) is 134 cm³/mol. The lowest BCUT2D eigenvalue weighted by Gasteiger charge is -2.49. The lowest BCUT2D eigenvalue weighted by molar-refractivity contribution is -0.137. The highest BCUT2D eigenvalue weighted by Gasteiger charge is 2.42. The number of aromatic nitrogens is 1. The molecule has 1 aromatic heterocycles. The van der Waals surface area contributed by atoms with Crippen LogP contribution in [0.5, 0.6) is 0 Å². The molecule has 3 heterocycles. The average Bonchev–Trinajstić information content (AvgIpc) is 2.87. The summed E-state index contributed by atoms with van der Waals surface area (Å²) >= 11 is 6.21. The number of pyridine rings is 1. The third kappa shape index (κ3) is 5.14. The average molecular weight is 515 g/mol. The van der Waals surface area contributed by atoms with Gasteiger partial charge in [-0.3, -0.25) is 9.78 Å². The van der Waals surface area contributed by atoms with Gasteiger partial charge in [0, 0.05) is 60.9 Å². The van der Waals surface area contributed by atoms with E-state index in [-0.39, 0.29) is 18.4 Å². The van der Waals surface area contributed by atoms with Crippen LogP contribution in [-0.4, -0.2) is 43.1 Å². The number of alkyl halides is 3. The van der Waals surface area contributed by atoms with E-state index in [9.17, 15) is 18.0 Å². The molecule has 2 aliphatic rings. The van der Waals surface area contributed by atoms with Crippen molar-refractivity contribution in [1.29, 1.82) is 0 Å². The maximum atomic E-state index is 13.4. The number of carbonyl (C=O) groups is 1. The predicted octanol–water partition coefficient (Wildman–Crippen LogP) is 4.98. The van der Waals surface area contributed by atoms with E-state index in [2.05, 4.69) is 20.1 Å². The molecule has 2 atom stereocenters. The van der Waals surface area contributed by atoms with E-state index in [1.54, 1.807) is 12.3 Å². The van der Waals surface area contributed by atoms with Crippen LogP contribution in [0.3, 0.4) is 0 Å². The van der Waals surface area contributed by atoms with Crippen molar-refractivity contribution in [1.82, 2.24) is 10.3 Å². The first-order valence-corrected chi connectivity index (χ1v) is 12.3. The van der Waals surface area contributed by atoms with Gasteiger partial charge < -0.3 is 15.1 Å². The van der Waals surface area contributed by atoms with E-state index < -0.39 is 17.7 Å². The van der Waals surface area contributed by atoms with Gasteiger partial charge in [-0.1, -0.05) is 23.7 Å². The molecule has 0 aliphatic carbocycles. The van der Waals surface area contributed by atoms with Gasteiger partial charge in [0.2, 0.25) is 5.91 Å². The van der Waals surface area contributed by atoms with Crippen molar-refractivity contribution in [3.63, 3.8) is 0 Å². The van der Waals surface area contributed by atoms with Crippen molar-refractivity contribution in [2.45, 2.75) is 25.1 Å². The lowest BCUT2D eigenvalue weighted by atomic mass is 9.82. The van der Waals surface area contributed by atoms with E-state index in [1.165, 1.54) is 6.07 Å². The third-order valence-electron chi connectivity index (χ3n) is 6.96. The van der Waals surface area contributed by atoms with Crippen molar-refractivity contribution >= 4 is 28.9 Å². The zero-order chi connectivity index (χ0) is 25.3. The molecule has 0 unspecified atom stereocenters. The number of benzene rings is 2. The number of nitrogens with zero attached hydrogens (tertiary/aromatic N) is 3. The maximum Gasteiger partial charge on any atom is 0.416 e. The summed E-state index contributed by atoms with van der Waals surface area (Å²) in [6.45, 7) is 2.24. The number of hydrogen-bond acceptors (Lipinski definition) is 4. The Labute approximate surface area is 212 Å². The lowest BCUT2D eigenvalue weighted by Crippen LogP contribution is -2.61. The normalized spacial score (nSPS) is 19.4. The number of carbonyl (C=O) groups excluding carboxylic acids is 1. The maximum absolute atomic E-state index is 13.4. The topological polar surface area (TPSA) is 48.5 Å². The quantitative estimate of drug-likeness (QED) is 0.522. The van der Waals surface area contributed by atoms with Gasteiger partial charge in [-0.15, -0.1) is 0 Å². The molecule has 1 saturated heterocycles. The van der Waals surface area contributed by atoms with Crippen LogP contribution in [0.25, 0.3) is 0 Å². The van der Waals surface area contributed by atoms with E-state index >= 15 is 0 Å². The molecular weight excluding hydrogens is 489 g/mol. The summed E-state index contributed by atoms with van der Waals surface area (Å²) in [6.07, 6.45) is -1.90. The molecule has 0 radical (unpaired) electrons. The van der Waals surface area contributed by atoms with Gasteiger partial charge in [-0.2, -0.15) is 13.2 Å². The summed E-state index contributed by atoms with van der Waals surface area (Å²) in [5.41, 5.74) is 2.48. The molecule has 1 amide bonds. The van der Waals surface area contributed by atoms with E-state index in [4.69, 9.17) is 11.6 Å². The molecule has 36 heavy (non-hydrogen) atoms. The summed E-state index contributed by atoms with van der Waals surface area (Å²) in [6, 6.07) is 16.9. The first-order valence-electron chi connectivity index (χ1n) is 11.9. The van der Waals surface area contributed by atoms with Crippen LogP contribution in [0.2, 0.25) is 5.02 Å². The molecule has 2 aliphatic heterocycles. The number of fused-ring (bicyclic) bond motifs is 3. The summed E-state index contributed by atoms with van der Waals surface area (Å²) in [5, 5.41) is 3.64. The van der Waals surface area contributed by atoms with Gasteiger partial charge in [0.25, 0.3) is 0 Å². The van der Waals surface area contributed by atoms with Gasteiger partial charge in [0.1, 0.15) is 0 Å². The van der Waals surface area contributed by atoms with Crippen LogP contribution in [0.1, 0.15) is 16.8 Å². The Bertz CT molecular complexity index is 1240. The van der Waals surface area contributed by atoms with Crippen LogP contribution in [0.15, 0.2) is 66.9 Å². The minimum atomic E-state index is -4.43. The first-order chi connectivity index (χ1) is 17.3. The van der Waals surface area contributed by atoms with E-state index in [1.807, 2.05) is 42.5 Å². The summed E-state index contributed by atoms with van der Waals surface area (Å²) < 4.78 is 40.3. The van der Waals surface area contributed by atoms with Crippen LogP contribution in [0, 0.1) is 5.92 Å². The molecule has 5 rings (SSSR count). The van der Waals surface area contributed by atoms with Crippen LogP contribution >= 0.6 is 11.6 Å². The number of hydrogen-bond donors (Lipinski definition) is 1. The molecule has 5 nitrogen and oxygen atoms in total. The van der Waals surface area contributed by atoms with Gasteiger partial charge in [-0.25, -0.2) is 0 Å². The number of anilines is 2. The molecule has 0 spiro atoms. The van der Waals surface area contributed by atoms with Gasteiger partial charge in [0.05, 0.1) is 17.5 Å². The molecule has 0 bridgehead atoms. The standard InChI is InChI=1S/C27H26ClF3N4O/c28-20-4-3-6-22(16-20)34-12-13-35-24-8-7-19(27(29,30)31)14-18(24)15-23(25(35)17-34)26(36)33-11-9-21-5-1-2-10-32-21/h1-8,10,14,16,23,25H,9,11-13,15,17H2,(H,33,36)/t23-,25+/m0/s1. The Balaban J connectivity index is 1.40. The van der Waals surface area contributed by atoms with E-state index in [0.717, 1.165) is 23.1 Å². The Kier molecular flexibility index (Phi) is 6.79. The van der Waals surface area contributed by atoms with Gasteiger partial charge >= 0.3 is 6.18 Å². The minimum absolute atomic E-state index is 0.156. The van der Waals surface area contributed by atoms with Crippen LogP contribution in [0.4, 0.5) is 24.5 Å². The first kappa shape index (κ1) is 24.4. The fourth-order valence-electron chi connectivity index (χ4n) is 5.20. The van der Waals surface area contributed by atoms with Crippen molar-refractivity contribution in [3.05, 3.63) is 88.7 Å². The SMILES string of the molecule is O=C(NCCc1ccccn1)[C@H]1Cc2cc(C(F)(F)F)ccc2N2CCN(c3cccc(Cl)c3)C[C@H]12. The van der Waals surface area contributed by atoms with Crippen molar-refractivity contribution in [2.24, 2.45) is 5.92 Å². The number of piperazine rings is 1. The zero-order valence-electron chi connectivity index (χ0n) is 19.5. The van der Waals surface area contributed by atoms with Crippen LogP contribution in [-0.2, 0) is 23.8 Å². The number of nitrogens with one attached hydrogen (secondary N) is 1. The fourth-order valence-corrected chi connectivity index (χ4v) is 5.38. The fraction of sp³-hybridized carbons (Fsp3) is 0.333. The third-order valence-corrected chi connectivity index (χ3v) is 7.19. The van der Waals surface area contributed by atoms with Gasteiger partial charge in [-0.05, 0) is 60.5 Å². The highest BCUT2D eigenvalue weighted by molar-refractivity contribution is 6.30. The molecule has 9 heteroatoms. The second-order valence-electron chi connectivity index (χ2n) is 9.20. The molecule has 1 N–H and O–H groups in total. The molecule has 188 valence electrons. The number of amides is 1. The largest absolute Gasteiger partial charge is 0.416 e. The highest BCUT2D eigenvalue weighted by atomic mass is 35.5. The second-order valence-corrected chi connectivity index (χ2v) is 9.64. The van der Waals surface area contributed by atoms with Crippen molar-refractivity contribution in [2.75, 3.05) is 36.0 Å². The van der Waals surface area contributed by atoms with Crippen molar-refractivity contribution in [3.8, 4) is 0 Å². The molecule has 3 aromatic rings. The van der Waals surface area contributed by atoms with Crippen LogP contribution < -0.4 is 15.1 Å². The minimum Gasteiger partial charge on any atom is -0.368 e. The summed E-state index contributed by atoms with van der Waals surface area (Å²) in [5.74, 6) is -0.649.